The monoisotopic (exact) mass is 605 g/mol. The van der Waals surface area contributed by atoms with E-state index in [-0.39, 0.29) is 34.3 Å². The number of pyridine rings is 1. The lowest BCUT2D eigenvalue weighted by Crippen LogP contribution is -2.59. The summed E-state index contributed by atoms with van der Waals surface area (Å²) in [6.07, 6.45) is -3.00. The number of piperidine rings is 1. The number of carbonyl (C=O) groups is 2. The van der Waals surface area contributed by atoms with Crippen LogP contribution in [-0.4, -0.2) is 48.7 Å². The summed E-state index contributed by atoms with van der Waals surface area (Å²) in [5, 5.41) is 12.2. The van der Waals surface area contributed by atoms with Crippen LogP contribution in [-0.2, 0) is 25.8 Å². The van der Waals surface area contributed by atoms with E-state index in [1.807, 2.05) is 26.8 Å². The summed E-state index contributed by atoms with van der Waals surface area (Å²) in [4.78, 5) is 32.6. The van der Waals surface area contributed by atoms with Gasteiger partial charge in [0.25, 0.3) is 0 Å². The molecule has 1 saturated heterocycles. The molecule has 4 rings (SSSR count). The Morgan fingerprint density at radius 3 is 2.31 bits per heavy atom. The van der Waals surface area contributed by atoms with Gasteiger partial charge in [-0.15, -0.1) is 0 Å². The Morgan fingerprint density at radius 2 is 1.76 bits per heavy atom. The first-order valence-corrected chi connectivity index (χ1v) is 14.9. The lowest BCUT2D eigenvalue weighted by molar-refractivity contribution is -0.143. The zero-order chi connectivity index (χ0) is 31.4. The topological polar surface area (TPSA) is 132 Å². The van der Waals surface area contributed by atoms with Crippen LogP contribution < -0.4 is 10.0 Å². The Kier molecular flexibility index (Phi) is 7.97. The fourth-order valence-corrected chi connectivity index (χ4v) is 7.10. The number of likely N-dealkylation sites (tertiary alicyclic amines) is 1. The van der Waals surface area contributed by atoms with E-state index in [4.69, 9.17) is 0 Å². The van der Waals surface area contributed by atoms with Crippen molar-refractivity contribution in [1.29, 1.82) is 5.26 Å². The molecule has 2 fully saturated rings. The summed E-state index contributed by atoms with van der Waals surface area (Å²) in [6, 6.07) is 4.98. The molecule has 1 aliphatic carbocycles. The summed E-state index contributed by atoms with van der Waals surface area (Å²) < 4.78 is 68.8. The average molecular weight is 606 g/mol. The molecule has 2 aliphatic rings. The summed E-state index contributed by atoms with van der Waals surface area (Å²) in [7, 11) is -4.11. The minimum absolute atomic E-state index is 0.0126. The van der Waals surface area contributed by atoms with Crippen molar-refractivity contribution in [3.05, 3.63) is 59.4 Å². The molecule has 42 heavy (non-hydrogen) atoms. The Bertz CT molecular complexity index is 1530. The van der Waals surface area contributed by atoms with Crippen molar-refractivity contribution in [2.45, 2.75) is 70.7 Å². The highest BCUT2D eigenvalue weighted by molar-refractivity contribution is 7.89. The van der Waals surface area contributed by atoms with Crippen molar-refractivity contribution in [3.63, 3.8) is 0 Å². The molecular weight excluding hydrogens is 571 g/mol. The van der Waals surface area contributed by atoms with Crippen LogP contribution in [0.15, 0.2) is 47.6 Å². The maximum absolute atomic E-state index is 14.0. The van der Waals surface area contributed by atoms with Crippen molar-refractivity contribution in [1.82, 2.24) is 19.9 Å². The molecule has 0 radical (unpaired) electrons. The van der Waals surface area contributed by atoms with Crippen molar-refractivity contribution >= 4 is 21.8 Å². The van der Waals surface area contributed by atoms with Gasteiger partial charge in [0.15, 0.2) is 0 Å². The van der Waals surface area contributed by atoms with Crippen LogP contribution in [0.3, 0.4) is 0 Å². The van der Waals surface area contributed by atoms with Gasteiger partial charge < -0.3 is 10.2 Å². The standard InChI is InChI=1S/C29H34F3N5O4S/c1-16-7-9-19(10-8-16)42(40,41)36-24(27(2,3)4)26(39)37-15-20-22(28(20,5)6)23(37)25(38)35-21(12-33)17-11-18(14-34-13-17)29(30,31)32/h7-11,13-14,20-24,36H,15H2,1-6H3,(H,35,38)/t20-,21?,22-,23-,24?/m0/s1. The van der Waals surface area contributed by atoms with Crippen LogP contribution in [0.2, 0.25) is 0 Å². The predicted octanol–water partition coefficient (Wildman–Crippen LogP) is 3.97. The number of amides is 2. The molecule has 2 N–H and O–H groups in total. The molecule has 0 spiro atoms. The highest BCUT2D eigenvalue weighted by Gasteiger charge is 2.69. The van der Waals surface area contributed by atoms with Gasteiger partial charge in [0.2, 0.25) is 21.8 Å². The van der Waals surface area contributed by atoms with Crippen molar-refractivity contribution < 1.29 is 31.2 Å². The van der Waals surface area contributed by atoms with Gasteiger partial charge in [-0.1, -0.05) is 52.3 Å². The number of benzene rings is 1. The average Bonchev–Trinajstić information content (AvgIpc) is 3.22. The third-order valence-electron chi connectivity index (χ3n) is 8.31. The molecule has 1 aromatic heterocycles. The highest BCUT2D eigenvalue weighted by Crippen LogP contribution is 2.65. The number of halogens is 3. The van der Waals surface area contributed by atoms with Gasteiger partial charge in [0.1, 0.15) is 18.1 Å². The molecule has 9 nitrogen and oxygen atoms in total. The van der Waals surface area contributed by atoms with Crippen LogP contribution in [0, 0.1) is 40.9 Å². The van der Waals surface area contributed by atoms with Gasteiger partial charge in [-0.05, 0) is 47.8 Å². The van der Waals surface area contributed by atoms with Crippen molar-refractivity contribution in [3.8, 4) is 6.07 Å². The smallest absolute Gasteiger partial charge is 0.335 e. The fourth-order valence-electron chi connectivity index (χ4n) is 5.71. The number of rotatable bonds is 7. The molecule has 2 amide bonds. The first-order valence-electron chi connectivity index (χ1n) is 13.4. The second kappa shape index (κ2) is 10.6. The number of sulfonamides is 1. The third kappa shape index (κ3) is 6.01. The summed E-state index contributed by atoms with van der Waals surface area (Å²) >= 11 is 0. The molecule has 1 saturated carbocycles. The minimum atomic E-state index is -4.69. The van der Waals surface area contributed by atoms with Crippen LogP contribution in [0.4, 0.5) is 13.2 Å². The lowest BCUT2D eigenvalue weighted by atomic mass is 9.86. The molecule has 1 aromatic carbocycles. The Balaban J connectivity index is 1.62. The van der Waals surface area contributed by atoms with E-state index in [9.17, 15) is 36.4 Å². The number of nitrogens with zero attached hydrogens (tertiary/aromatic N) is 3. The third-order valence-corrected chi connectivity index (χ3v) is 9.75. The van der Waals surface area contributed by atoms with Crippen LogP contribution in [0.25, 0.3) is 0 Å². The molecule has 1 aliphatic heterocycles. The Hall–Kier alpha value is -3.50. The molecule has 2 unspecified atom stereocenters. The molecule has 13 heteroatoms. The van der Waals surface area contributed by atoms with E-state index in [2.05, 4.69) is 15.0 Å². The van der Waals surface area contributed by atoms with Crippen molar-refractivity contribution in [2.24, 2.45) is 22.7 Å². The first kappa shape index (κ1) is 31.4. The van der Waals surface area contributed by atoms with Crippen LogP contribution in [0.5, 0.6) is 0 Å². The quantitative estimate of drug-likeness (QED) is 0.491. The van der Waals surface area contributed by atoms with Gasteiger partial charge in [0.05, 0.1) is 16.5 Å². The Morgan fingerprint density at radius 1 is 1.14 bits per heavy atom. The Labute approximate surface area is 243 Å². The summed E-state index contributed by atoms with van der Waals surface area (Å²) in [5.41, 5.74) is -1.55. The van der Waals surface area contributed by atoms with E-state index in [1.54, 1.807) is 32.9 Å². The van der Waals surface area contributed by atoms with Gasteiger partial charge in [0, 0.05) is 24.5 Å². The van der Waals surface area contributed by atoms with E-state index >= 15 is 0 Å². The maximum Gasteiger partial charge on any atom is 0.417 e. The van der Waals surface area contributed by atoms with E-state index < -0.39 is 57.1 Å². The highest BCUT2D eigenvalue weighted by atomic mass is 32.2. The fraction of sp³-hybridized carbons (Fsp3) is 0.517. The minimum Gasteiger partial charge on any atom is -0.335 e. The molecule has 2 aromatic rings. The van der Waals surface area contributed by atoms with Crippen LogP contribution in [0.1, 0.15) is 57.4 Å². The normalized spacial score (nSPS) is 23.0. The van der Waals surface area contributed by atoms with E-state index in [1.165, 1.54) is 17.0 Å². The zero-order valence-corrected chi connectivity index (χ0v) is 25.0. The van der Waals surface area contributed by atoms with Crippen LogP contribution >= 0.6 is 0 Å². The summed E-state index contributed by atoms with van der Waals surface area (Å²) in [6.45, 7) is 11.0. The largest absolute Gasteiger partial charge is 0.417 e. The number of hydrogen-bond donors (Lipinski definition) is 2. The zero-order valence-electron chi connectivity index (χ0n) is 24.2. The molecule has 5 atom stereocenters. The molecule has 226 valence electrons. The number of hydrogen-bond acceptors (Lipinski definition) is 6. The lowest BCUT2D eigenvalue weighted by Gasteiger charge is -2.37. The van der Waals surface area contributed by atoms with Gasteiger partial charge in [-0.25, -0.2) is 8.42 Å². The van der Waals surface area contributed by atoms with E-state index in [0.29, 0.717) is 6.20 Å². The first-order chi connectivity index (χ1) is 19.3. The second-order valence-electron chi connectivity index (χ2n) is 12.7. The van der Waals surface area contributed by atoms with Crippen molar-refractivity contribution in [2.75, 3.05) is 6.54 Å². The van der Waals surface area contributed by atoms with E-state index in [0.717, 1.165) is 17.8 Å². The second-order valence-corrected chi connectivity index (χ2v) is 14.4. The number of alkyl halides is 3. The number of nitrogens with one attached hydrogen (secondary N) is 2. The number of aryl methyl sites for hydroxylation is 1. The van der Waals surface area contributed by atoms with Gasteiger partial charge >= 0.3 is 6.18 Å². The maximum atomic E-state index is 14.0. The SMILES string of the molecule is Cc1ccc(S(=O)(=O)NC(C(=O)N2C[C@H]3[C@@H]([C@H]2C(=O)NC(C#N)c2cncc(C(F)(F)F)c2)C3(C)C)C(C)(C)C)cc1. The molecule has 0 bridgehead atoms. The number of nitriles is 1. The number of aromatic nitrogens is 1. The molecule has 2 heterocycles. The predicted molar refractivity (Wildman–Crippen MR) is 147 cm³/mol. The van der Waals surface area contributed by atoms with Gasteiger partial charge in [-0.3, -0.25) is 14.6 Å². The number of fused-ring (bicyclic) bond motifs is 1. The number of carbonyl (C=O) groups excluding carboxylic acids is 2. The summed E-state index contributed by atoms with van der Waals surface area (Å²) in [5.74, 6) is -1.65. The molecular formula is C29H34F3N5O4S. The van der Waals surface area contributed by atoms with Gasteiger partial charge in [-0.2, -0.15) is 23.2 Å².